The molecule has 1 saturated heterocycles. The number of aromatic nitrogens is 1. The van der Waals surface area contributed by atoms with Gasteiger partial charge in [0.1, 0.15) is 0 Å². The van der Waals surface area contributed by atoms with E-state index in [1.807, 2.05) is 23.7 Å². The number of piperidine rings is 1. The highest BCUT2D eigenvalue weighted by atomic mass is 32.1. The van der Waals surface area contributed by atoms with Crippen LogP contribution in [-0.2, 0) is 9.59 Å². The highest BCUT2D eigenvalue weighted by molar-refractivity contribution is 7.16. The van der Waals surface area contributed by atoms with Crippen LogP contribution in [0, 0.1) is 5.92 Å². The Morgan fingerprint density at radius 1 is 1.38 bits per heavy atom. The zero-order valence-corrected chi connectivity index (χ0v) is 12.6. The van der Waals surface area contributed by atoms with Gasteiger partial charge < -0.3 is 10.6 Å². The summed E-state index contributed by atoms with van der Waals surface area (Å²) >= 11 is 1.59. The van der Waals surface area contributed by atoms with Gasteiger partial charge in [-0.3, -0.25) is 9.59 Å². The number of fused-ring (bicyclic) bond motifs is 1. The van der Waals surface area contributed by atoms with E-state index in [2.05, 4.69) is 11.9 Å². The van der Waals surface area contributed by atoms with E-state index in [9.17, 15) is 9.59 Å². The lowest BCUT2D eigenvalue weighted by Crippen LogP contribution is -2.46. The van der Waals surface area contributed by atoms with Crippen LogP contribution in [0.4, 0.5) is 0 Å². The van der Waals surface area contributed by atoms with Crippen molar-refractivity contribution in [3.63, 3.8) is 0 Å². The molecule has 5 nitrogen and oxygen atoms in total. The minimum Gasteiger partial charge on any atom is -0.361 e. The van der Waals surface area contributed by atoms with Crippen molar-refractivity contribution in [2.45, 2.75) is 25.8 Å². The molecular formula is C15H17N3O2S. The van der Waals surface area contributed by atoms with E-state index in [4.69, 9.17) is 5.73 Å². The third-order valence-electron chi connectivity index (χ3n) is 4.03. The zero-order valence-electron chi connectivity index (χ0n) is 11.8. The third kappa shape index (κ3) is 2.63. The van der Waals surface area contributed by atoms with Crippen molar-refractivity contribution in [3.8, 4) is 0 Å². The van der Waals surface area contributed by atoms with E-state index >= 15 is 0 Å². The van der Waals surface area contributed by atoms with Gasteiger partial charge in [-0.1, -0.05) is 13.0 Å². The highest BCUT2D eigenvalue weighted by Gasteiger charge is 2.33. The topological polar surface area (TPSA) is 76.3 Å². The Morgan fingerprint density at radius 2 is 2.19 bits per heavy atom. The molecule has 0 saturated carbocycles. The normalized spacial score (nSPS) is 22.4. The Bertz CT molecular complexity index is 697. The average molecular weight is 303 g/mol. The quantitative estimate of drug-likeness (QED) is 0.819. The largest absolute Gasteiger partial charge is 0.361 e. The Balaban J connectivity index is 1.96. The second-order valence-corrected chi connectivity index (χ2v) is 6.49. The summed E-state index contributed by atoms with van der Waals surface area (Å²) < 4.78 is 1.12. The number of benzene rings is 1. The summed E-state index contributed by atoms with van der Waals surface area (Å²) in [6, 6.07) is 5.95. The fourth-order valence-electron chi connectivity index (χ4n) is 2.95. The van der Waals surface area contributed by atoms with Crippen molar-refractivity contribution in [2.24, 2.45) is 11.7 Å². The minimum absolute atomic E-state index is 0.0905. The minimum atomic E-state index is -0.885. The Hall–Kier alpha value is -1.95. The van der Waals surface area contributed by atoms with Crippen LogP contribution in [0.5, 0.6) is 0 Å². The predicted octanol–water partition coefficient (Wildman–Crippen LogP) is 2.08. The molecule has 110 valence electrons. The highest BCUT2D eigenvalue weighted by Crippen LogP contribution is 2.34. The molecule has 2 aromatic rings. The number of primary amides is 1. The number of nitrogens with zero attached hydrogens (tertiary/aromatic N) is 2. The monoisotopic (exact) mass is 303 g/mol. The molecule has 2 atom stereocenters. The van der Waals surface area contributed by atoms with Gasteiger partial charge in [-0.2, -0.15) is 0 Å². The van der Waals surface area contributed by atoms with Gasteiger partial charge in [-0.05, 0) is 36.5 Å². The molecular weight excluding hydrogens is 286 g/mol. The molecule has 21 heavy (non-hydrogen) atoms. The molecule has 2 N–H and O–H groups in total. The van der Waals surface area contributed by atoms with Crippen molar-refractivity contribution in [3.05, 3.63) is 29.3 Å². The summed E-state index contributed by atoms with van der Waals surface area (Å²) in [6.45, 7) is 2.66. The van der Waals surface area contributed by atoms with Crippen molar-refractivity contribution < 1.29 is 9.59 Å². The number of rotatable bonds is 1. The van der Waals surface area contributed by atoms with Gasteiger partial charge in [0.25, 0.3) is 0 Å². The van der Waals surface area contributed by atoms with Gasteiger partial charge in [0.15, 0.2) is 0 Å². The maximum Gasteiger partial charge on any atom is 0.312 e. The Labute approximate surface area is 126 Å². The fourth-order valence-corrected chi connectivity index (χ4v) is 3.61. The van der Waals surface area contributed by atoms with E-state index in [-0.39, 0.29) is 6.04 Å². The predicted molar refractivity (Wildman–Crippen MR) is 81.7 cm³/mol. The molecule has 0 radical (unpaired) electrons. The third-order valence-corrected chi connectivity index (χ3v) is 4.84. The number of hydrogen-bond acceptors (Lipinski definition) is 4. The smallest absolute Gasteiger partial charge is 0.312 e. The van der Waals surface area contributed by atoms with Gasteiger partial charge in [-0.25, -0.2) is 4.98 Å². The molecule has 1 aromatic carbocycles. The van der Waals surface area contributed by atoms with Crippen molar-refractivity contribution in [2.75, 3.05) is 6.54 Å². The van der Waals surface area contributed by atoms with Crippen LogP contribution >= 0.6 is 11.3 Å². The first-order valence-corrected chi connectivity index (χ1v) is 7.88. The number of carbonyl (C=O) groups excluding carboxylic acids is 2. The van der Waals surface area contributed by atoms with Crippen molar-refractivity contribution in [1.82, 2.24) is 9.88 Å². The molecule has 2 amide bonds. The molecule has 1 aliphatic rings. The Morgan fingerprint density at radius 3 is 2.95 bits per heavy atom. The molecule has 3 rings (SSSR count). The van der Waals surface area contributed by atoms with E-state index < -0.39 is 11.8 Å². The molecule has 1 aliphatic heterocycles. The van der Waals surface area contributed by atoms with Crippen molar-refractivity contribution >= 4 is 33.4 Å². The first-order chi connectivity index (χ1) is 10.1. The lowest BCUT2D eigenvalue weighted by atomic mass is 9.89. The molecule has 0 unspecified atom stereocenters. The first kappa shape index (κ1) is 14.0. The maximum atomic E-state index is 12.1. The van der Waals surface area contributed by atoms with Crippen LogP contribution in [0.1, 0.15) is 31.4 Å². The molecule has 0 spiro atoms. The van der Waals surface area contributed by atoms with E-state index in [0.29, 0.717) is 12.5 Å². The van der Waals surface area contributed by atoms with E-state index in [1.54, 1.807) is 16.2 Å². The van der Waals surface area contributed by atoms with Crippen molar-refractivity contribution in [1.29, 1.82) is 0 Å². The number of thiazole rings is 1. The molecule has 1 fully saturated rings. The maximum absolute atomic E-state index is 12.1. The fraction of sp³-hybridized carbons (Fsp3) is 0.400. The number of nitrogens with two attached hydrogens (primary N) is 1. The van der Waals surface area contributed by atoms with Crippen LogP contribution in [0.15, 0.2) is 23.7 Å². The molecule has 1 aromatic heterocycles. The molecule has 0 bridgehead atoms. The number of likely N-dealkylation sites (tertiary alicyclic amines) is 1. The second kappa shape index (κ2) is 5.44. The van der Waals surface area contributed by atoms with Gasteiger partial charge >= 0.3 is 11.8 Å². The average Bonchev–Trinajstić information content (AvgIpc) is 2.93. The Kier molecular flexibility index (Phi) is 3.63. The molecule has 0 aliphatic carbocycles. The van der Waals surface area contributed by atoms with Crippen LogP contribution in [-0.4, -0.2) is 28.2 Å². The van der Waals surface area contributed by atoms with Gasteiger partial charge in [0, 0.05) is 6.54 Å². The van der Waals surface area contributed by atoms with Crippen LogP contribution in [0.3, 0.4) is 0 Å². The zero-order chi connectivity index (χ0) is 15.0. The number of carbonyl (C=O) groups is 2. The summed E-state index contributed by atoms with van der Waals surface area (Å²) in [4.78, 5) is 29.3. The first-order valence-electron chi connectivity index (χ1n) is 7.00. The lowest BCUT2D eigenvalue weighted by Gasteiger charge is -2.38. The van der Waals surface area contributed by atoms with E-state index in [0.717, 1.165) is 28.6 Å². The van der Waals surface area contributed by atoms with Crippen LogP contribution in [0.25, 0.3) is 10.2 Å². The summed E-state index contributed by atoms with van der Waals surface area (Å²) in [7, 11) is 0. The van der Waals surface area contributed by atoms with Gasteiger partial charge in [0.05, 0.1) is 21.8 Å². The standard InChI is InChI=1S/C15H17N3O2S/c1-9-2-4-12(18(7-9)15(20)14(16)19)10-3-5-13-11(6-10)17-8-21-13/h3,5-6,8-9,12H,2,4,7H2,1H3,(H2,16,19)/t9-,12+/m0/s1. The van der Waals surface area contributed by atoms with Crippen LogP contribution < -0.4 is 5.73 Å². The summed E-state index contributed by atoms with van der Waals surface area (Å²) in [5, 5.41) is 0. The number of amides is 2. The summed E-state index contributed by atoms with van der Waals surface area (Å²) in [5.41, 5.74) is 8.95. The molecule has 2 heterocycles. The van der Waals surface area contributed by atoms with Gasteiger partial charge in [0.2, 0.25) is 0 Å². The van der Waals surface area contributed by atoms with Crippen LogP contribution in [0.2, 0.25) is 0 Å². The molecule has 6 heteroatoms. The lowest BCUT2D eigenvalue weighted by molar-refractivity contribution is -0.147. The van der Waals surface area contributed by atoms with E-state index in [1.165, 1.54) is 0 Å². The SMILES string of the molecule is C[C@H]1CC[C@H](c2ccc3scnc3c2)N(C(=O)C(N)=O)C1. The summed E-state index contributed by atoms with van der Waals surface area (Å²) in [5.74, 6) is -1.10. The number of hydrogen-bond donors (Lipinski definition) is 1. The van der Waals surface area contributed by atoms with Gasteiger partial charge in [-0.15, -0.1) is 11.3 Å². The second-order valence-electron chi connectivity index (χ2n) is 5.60. The summed E-state index contributed by atoms with van der Waals surface area (Å²) in [6.07, 6.45) is 1.87.